The fourth-order valence-electron chi connectivity index (χ4n) is 1.60. The second-order valence-corrected chi connectivity index (χ2v) is 4.26. The molecule has 16 heavy (non-hydrogen) atoms. The predicted molar refractivity (Wildman–Crippen MR) is 66.9 cm³/mol. The Bertz CT molecular complexity index is 302. The average Bonchev–Trinajstić information content (AvgIpc) is 2.24. The molecule has 2 nitrogen and oxygen atoms in total. The van der Waals surface area contributed by atoms with Crippen LogP contribution in [0.15, 0.2) is 24.3 Å². The van der Waals surface area contributed by atoms with Gasteiger partial charge in [0.05, 0.1) is 6.10 Å². The number of benzene rings is 1. The van der Waals surface area contributed by atoms with Gasteiger partial charge in [0.25, 0.3) is 0 Å². The lowest BCUT2D eigenvalue weighted by molar-refractivity contribution is 0.114. The van der Waals surface area contributed by atoms with Gasteiger partial charge in [0, 0.05) is 18.2 Å². The first-order chi connectivity index (χ1) is 7.72. The molecule has 0 spiro atoms. The van der Waals surface area contributed by atoms with Crippen LogP contribution in [0.5, 0.6) is 0 Å². The Balaban J connectivity index is 2.25. The van der Waals surface area contributed by atoms with Crippen LogP contribution in [0, 0.1) is 0 Å². The quantitative estimate of drug-likeness (QED) is 0.745. The highest BCUT2D eigenvalue weighted by Gasteiger charge is 2.05. The van der Waals surface area contributed by atoms with Crippen LogP contribution in [0.1, 0.15) is 25.3 Å². The Morgan fingerprint density at radius 1 is 1.44 bits per heavy atom. The maximum Gasteiger partial charge on any atom is 0.0581 e. The van der Waals surface area contributed by atoms with E-state index in [0.717, 1.165) is 36.6 Å². The van der Waals surface area contributed by atoms with E-state index in [2.05, 4.69) is 0 Å². The highest BCUT2D eigenvalue weighted by molar-refractivity contribution is 6.30. The van der Waals surface area contributed by atoms with Gasteiger partial charge in [-0.2, -0.15) is 0 Å². The van der Waals surface area contributed by atoms with E-state index in [1.807, 2.05) is 31.2 Å². The molecule has 0 fully saturated rings. The summed E-state index contributed by atoms with van der Waals surface area (Å²) in [5, 5.41) is 10.5. The molecule has 1 rings (SSSR count). The van der Waals surface area contributed by atoms with E-state index >= 15 is 0 Å². The van der Waals surface area contributed by atoms with Gasteiger partial charge in [-0.05, 0) is 43.9 Å². The molecule has 0 aromatic heterocycles. The van der Waals surface area contributed by atoms with Crippen molar-refractivity contribution in [2.24, 2.45) is 0 Å². The van der Waals surface area contributed by atoms with Crippen LogP contribution in [0.3, 0.4) is 0 Å². The van der Waals surface area contributed by atoms with E-state index in [9.17, 15) is 5.11 Å². The van der Waals surface area contributed by atoms with Crippen molar-refractivity contribution < 1.29 is 9.84 Å². The number of rotatable bonds is 7. The van der Waals surface area contributed by atoms with E-state index in [-0.39, 0.29) is 6.10 Å². The van der Waals surface area contributed by atoms with E-state index in [1.165, 1.54) is 0 Å². The molecule has 0 aliphatic heterocycles. The van der Waals surface area contributed by atoms with Gasteiger partial charge < -0.3 is 9.84 Å². The molecule has 0 bridgehead atoms. The molecule has 0 aliphatic rings. The van der Waals surface area contributed by atoms with Crippen LogP contribution < -0.4 is 0 Å². The molecule has 0 saturated heterocycles. The molecule has 0 radical (unpaired) electrons. The summed E-state index contributed by atoms with van der Waals surface area (Å²) in [4.78, 5) is 0. The van der Waals surface area contributed by atoms with E-state index in [0.29, 0.717) is 6.42 Å². The summed E-state index contributed by atoms with van der Waals surface area (Å²) >= 11 is 5.87. The van der Waals surface area contributed by atoms with Gasteiger partial charge >= 0.3 is 0 Å². The molecule has 0 saturated carbocycles. The predicted octanol–water partition coefficient (Wildman–Crippen LogP) is 3.06. The minimum absolute atomic E-state index is 0.307. The Morgan fingerprint density at radius 3 is 2.94 bits per heavy atom. The summed E-state index contributed by atoms with van der Waals surface area (Å²) in [5.74, 6) is 0. The lowest BCUT2D eigenvalue weighted by Gasteiger charge is -2.10. The molecule has 1 aromatic carbocycles. The third-order valence-electron chi connectivity index (χ3n) is 2.39. The fourth-order valence-corrected chi connectivity index (χ4v) is 1.82. The summed E-state index contributed by atoms with van der Waals surface area (Å²) in [6.45, 7) is 3.44. The van der Waals surface area contributed by atoms with Gasteiger partial charge in [-0.3, -0.25) is 0 Å². The largest absolute Gasteiger partial charge is 0.393 e. The van der Waals surface area contributed by atoms with E-state index < -0.39 is 0 Å². The molecule has 90 valence electrons. The molecular weight excluding hydrogens is 224 g/mol. The lowest BCUT2D eigenvalue weighted by atomic mass is 10.0. The number of ether oxygens (including phenoxy) is 1. The minimum atomic E-state index is -0.307. The van der Waals surface area contributed by atoms with Gasteiger partial charge in [-0.15, -0.1) is 0 Å². The van der Waals surface area contributed by atoms with Crippen LogP contribution in [-0.2, 0) is 11.2 Å². The van der Waals surface area contributed by atoms with Crippen LogP contribution in [-0.4, -0.2) is 24.4 Å². The van der Waals surface area contributed by atoms with Crippen molar-refractivity contribution in [2.75, 3.05) is 13.2 Å². The summed E-state index contributed by atoms with van der Waals surface area (Å²) < 4.78 is 5.22. The Labute approximate surface area is 102 Å². The highest BCUT2D eigenvalue weighted by Crippen LogP contribution is 2.13. The molecule has 0 heterocycles. The molecule has 1 N–H and O–H groups in total. The summed E-state index contributed by atoms with van der Waals surface area (Å²) in [7, 11) is 0. The SMILES string of the molecule is CCOCCCC(O)Cc1cccc(Cl)c1. The maximum absolute atomic E-state index is 9.79. The number of hydrogen-bond acceptors (Lipinski definition) is 2. The van der Waals surface area contributed by atoms with Gasteiger partial charge in [0.15, 0.2) is 0 Å². The molecule has 1 unspecified atom stereocenters. The van der Waals surface area contributed by atoms with Crippen molar-refractivity contribution in [1.82, 2.24) is 0 Å². The summed E-state index contributed by atoms with van der Waals surface area (Å²) in [6.07, 6.45) is 2.02. The molecular formula is C13H19ClO2. The Kier molecular flexibility index (Phi) is 6.46. The first-order valence-electron chi connectivity index (χ1n) is 5.72. The zero-order valence-corrected chi connectivity index (χ0v) is 10.4. The Morgan fingerprint density at radius 2 is 2.25 bits per heavy atom. The van der Waals surface area contributed by atoms with Crippen molar-refractivity contribution in [2.45, 2.75) is 32.3 Å². The third kappa shape index (κ3) is 5.50. The number of aliphatic hydroxyl groups is 1. The van der Waals surface area contributed by atoms with Crippen LogP contribution in [0.25, 0.3) is 0 Å². The van der Waals surface area contributed by atoms with Crippen molar-refractivity contribution in [3.05, 3.63) is 34.9 Å². The highest BCUT2D eigenvalue weighted by atomic mass is 35.5. The van der Waals surface area contributed by atoms with Gasteiger partial charge in [0.1, 0.15) is 0 Å². The zero-order chi connectivity index (χ0) is 11.8. The summed E-state index contributed by atoms with van der Waals surface area (Å²) in [5.41, 5.74) is 1.08. The minimum Gasteiger partial charge on any atom is -0.393 e. The Hall–Kier alpha value is -0.570. The van der Waals surface area contributed by atoms with Crippen molar-refractivity contribution in [3.63, 3.8) is 0 Å². The molecule has 3 heteroatoms. The van der Waals surface area contributed by atoms with Crippen molar-refractivity contribution in [3.8, 4) is 0 Å². The second-order valence-electron chi connectivity index (χ2n) is 3.83. The monoisotopic (exact) mass is 242 g/mol. The number of halogens is 1. The van der Waals surface area contributed by atoms with E-state index in [4.69, 9.17) is 16.3 Å². The maximum atomic E-state index is 9.79. The van der Waals surface area contributed by atoms with Crippen LogP contribution in [0.2, 0.25) is 5.02 Å². The first-order valence-corrected chi connectivity index (χ1v) is 6.10. The van der Waals surface area contributed by atoms with Gasteiger partial charge in [-0.25, -0.2) is 0 Å². The number of aliphatic hydroxyl groups excluding tert-OH is 1. The lowest BCUT2D eigenvalue weighted by Crippen LogP contribution is -2.11. The van der Waals surface area contributed by atoms with Crippen LogP contribution in [0.4, 0.5) is 0 Å². The topological polar surface area (TPSA) is 29.5 Å². The second kappa shape index (κ2) is 7.66. The molecule has 0 aliphatic carbocycles. The standard InChI is InChI=1S/C13H19ClO2/c1-2-16-8-4-7-13(15)10-11-5-3-6-12(14)9-11/h3,5-6,9,13,15H,2,4,7-8,10H2,1H3. The van der Waals surface area contributed by atoms with Crippen molar-refractivity contribution >= 4 is 11.6 Å². The zero-order valence-electron chi connectivity index (χ0n) is 9.66. The van der Waals surface area contributed by atoms with E-state index in [1.54, 1.807) is 0 Å². The normalized spacial score (nSPS) is 12.7. The third-order valence-corrected chi connectivity index (χ3v) is 2.63. The van der Waals surface area contributed by atoms with Gasteiger partial charge in [-0.1, -0.05) is 23.7 Å². The fraction of sp³-hybridized carbons (Fsp3) is 0.538. The number of hydrogen-bond donors (Lipinski definition) is 1. The molecule has 1 aromatic rings. The molecule has 0 amide bonds. The summed E-state index contributed by atoms with van der Waals surface area (Å²) in [6, 6.07) is 7.63. The smallest absolute Gasteiger partial charge is 0.0581 e. The first kappa shape index (κ1) is 13.5. The van der Waals surface area contributed by atoms with Crippen molar-refractivity contribution in [1.29, 1.82) is 0 Å². The molecule has 1 atom stereocenters. The van der Waals surface area contributed by atoms with Crippen LogP contribution >= 0.6 is 11.6 Å². The van der Waals surface area contributed by atoms with Gasteiger partial charge in [0.2, 0.25) is 0 Å². The average molecular weight is 243 g/mol.